The van der Waals surface area contributed by atoms with Crippen LogP contribution in [0.2, 0.25) is 0 Å². The molecule has 0 aliphatic heterocycles. The topological polar surface area (TPSA) is 42.9 Å². The van der Waals surface area contributed by atoms with Gasteiger partial charge in [-0.1, -0.05) is 30.3 Å². The van der Waals surface area contributed by atoms with Crippen LogP contribution in [0.4, 0.5) is 0 Å². The van der Waals surface area contributed by atoms with Gasteiger partial charge in [-0.25, -0.2) is 0 Å². The third kappa shape index (κ3) is 2.17. The number of rotatable bonds is 3. The molecule has 0 fully saturated rings. The first-order valence-electron chi connectivity index (χ1n) is 6.28. The monoisotopic (exact) mass is 280 g/mol. The number of benzene rings is 1. The van der Waals surface area contributed by atoms with Gasteiger partial charge < -0.3 is 4.57 Å². The van der Waals surface area contributed by atoms with E-state index in [0.717, 1.165) is 15.9 Å². The highest BCUT2D eigenvalue weighted by molar-refractivity contribution is 7.85. The fourth-order valence-electron chi connectivity index (χ4n) is 2.17. The standard InChI is InChI=1S/C16H13N2OP/c19-20(14-6-2-1-3-7-14,15-8-4-10-17-12-15)16-9-5-11-18-13-16/h1-13H. The Balaban J connectivity index is 2.27. The summed E-state index contributed by atoms with van der Waals surface area (Å²) < 4.78 is 13.7. The normalized spacial score (nSPS) is 11.2. The third-order valence-corrected chi connectivity index (χ3v) is 6.15. The Bertz CT molecular complexity index is 627. The fraction of sp³-hybridized carbons (Fsp3) is 0. The zero-order chi connectivity index (χ0) is 13.8. The van der Waals surface area contributed by atoms with Gasteiger partial charge in [-0.15, -0.1) is 0 Å². The minimum Gasteiger partial charge on any atom is -0.309 e. The molecule has 0 amide bonds. The Labute approximate surface area is 117 Å². The molecule has 2 aromatic heterocycles. The summed E-state index contributed by atoms with van der Waals surface area (Å²) >= 11 is 0. The van der Waals surface area contributed by atoms with Crippen molar-refractivity contribution in [3.05, 3.63) is 79.4 Å². The predicted octanol–water partition coefficient (Wildman–Crippen LogP) is 2.12. The molecule has 0 aliphatic carbocycles. The highest BCUT2D eigenvalue weighted by atomic mass is 31.2. The molecule has 0 unspecified atom stereocenters. The highest BCUT2D eigenvalue weighted by Crippen LogP contribution is 2.41. The maximum absolute atomic E-state index is 13.7. The van der Waals surface area contributed by atoms with Gasteiger partial charge in [0, 0.05) is 40.7 Å². The van der Waals surface area contributed by atoms with Crippen LogP contribution in [-0.2, 0) is 4.57 Å². The molecule has 0 saturated carbocycles. The Morgan fingerprint density at radius 2 is 1.15 bits per heavy atom. The highest BCUT2D eigenvalue weighted by Gasteiger charge is 2.29. The third-order valence-electron chi connectivity index (χ3n) is 3.14. The molecular formula is C16H13N2OP. The zero-order valence-electron chi connectivity index (χ0n) is 10.8. The van der Waals surface area contributed by atoms with Gasteiger partial charge in [-0.3, -0.25) is 9.97 Å². The molecule has 3 nitrogen and oxygen atoms in total. The smallest absolute Gasteiger partial charge is 0.174 e. The van der Waals surface area contributed by atoms with E-state index in [4.69, 9.17) is 0 Å². The summed E-state index contributed by atoms with van der Waals surface area (Å²) in [6.45, 7) is 0. The number of hydrogen-bond acceptors (Lipinski definition) is 3. The molecule has 4 heteroatoms. The first-order valence-corrected chi connectivity index (χ1v) is 7.99. The average Bonchev–Trinajstić information content (AvgIpc) is 2.56. The minimum absolute atomic E-state index is 0.721. The van der Waals surface area contributed by atoms with E-state index in [0.29, 0.717) is 0 Å². The van der Waals surface area contributed by atoms with Gasteiger partial charge in [0.2, 0.25) is 0 Å². The van der Waals surface area contributed by atoms with E-state index in [1.54, 1.807) is 36.9 Å². The number of aromatic nitrogens is 2. The van der Waals surface area contributed by atoms with Gasteiger partial charge in [-0.2, -0.15) is 0 Å². The van der Waals surface area contributed by atoms with E-state index >= 15 is 0 Å². The molecule has 3 rings (SSSR count). The van der Waals surface area contributed by atoms with Crippen molar-refractivity contribution in [3.63, 3.8) is 0 Å². The lowest BCUT2D eigenvalue weighted by atomic mass is 10.4. The number of hydrogen-bond donors (Lipinski definition) is 0. The predicted molar refractivity (Wildman–Crippen MR) is 81.4 cm³/mol. The van der Waals surface area contributed by atoms with E-state index in [2.05, 4.69) is 9.97 Å². The number of nitrogens with zero attached hydrogens (tertiary/aromatic N) is 2. The molecule has 2 heterocycles. The second-order valence-electron chi connectivity index (χ2n) is 4.37. The summed E-state index contributed by atoms with van der Waals surface area (Å²) in [7, 11) is -2.90. The quantitative estimate of drug-likeness (QED) is 0.690. The zero-order valence-corrected chi connectivity index (χ0v) is 11.6. The van der Waals surface area contributed by atoms with Crippen molar-refractivity contribution in [3.8, 4) is 0 Å². The molecule has 0 spiro atoms. The van der Waals surface area contributed by atoms with E-state index in [9.17, 15) is 4.57 Å². The van der Waals surface area contributed by atoms with Crippen LogP contribution in [0.25, 0.3) is 0 Å². The SMILES string of the molecule is O=P(c1ccccc1)(c1cccnc1)c1cccnc1. The Morgan fingerprint density at radius 1 is 0.650 bits per heavy atom. The molecule has 0 atom stereocenters. The van der Waals surface area contributed by atoms with Crippen molar-refractivity contribution in [2.75, 3.05) is 0 Å². The van der Waals surface area contributed by atoms with Crippen LogP contribution < -0.4 is 15.9 Å². The summed E-state index contributed by atoms with van der Waals surface area (Å²) in [4.78, 5) is 8.22. The summed E-state index contributed by atoms with van der Waals surface area (Å²) in [5, 5.41) is 2.24. The summed E-state index contributed by atoms with van der Waals surface area (Å²) in [6, 6.07) is 16.8. The maximum Gasteiger partial charge on any atom is 0.174 e. The van der Waals surface area contributed by atoms with Gasteiger partial charge in [0.25, 0.3) is 0 Å². The largest absolute Gasteiger partial charge is 0.309 e. The summed E-state index contributed by atoms with van der Waals surface area (Å²) in [5.74, 6) is 0. The van der Waals surface area contributed by atoms with E-state index in [1.165, 1.54) is 0 Å². The molecule has 0 aliphatic rings. The van der Waals surface area contributed by atoms with Gasteiger partial charge in [0.15, 0.2) is 7.14 Å². The molecule has 1 aromatic carbocycles. The summed E-state index contributed by atoms with van der Waals surface area (Å²) in [6.07, 6.45) is 6.70. The Hall–Kier alpha value is -2.25. The first-order chi connectivity index (χ1) is 9.82. The van der Waals surface area contributed by atoms with E-state index < -0.39 is 7.14 Å². The van der Waals surface area contributed by atoms with Crippen LogP contribution in [-0.4, -0.2) is 9.97 Å². The molecule has 0 saturated heterocycles. The van der Waals surface area contributed by atoms with Crippen molar-refractivity contribution in [1.29, 1.82) is 0 Å². The maximum atomic E-state index is 13.7. The van der Waals surface area contributed by atoms with Gasteiger partial charge in [0.05, 0.1) is 0 Å². The molecule has 0 bridgehead atoms. The molecule has 0 radical (unpaired) electrons. The number of pyridine rings is 2. The second kappa shape index (κ2) is 5.40. The lowest BCUT2D eigenvalue weighted by Crippen LogP contribution is -2.25. The fourth-order valence-corrected chi connectivity index (χ4v) is 4.70. The van der Waals surface area contributed by atoms with Gasteiger partial charge >= 0.3 is 0 Å². The van der Waals surface area contributed by atoms with E-state index in [-0.39, 0.29) is 0 Å². The Kier molecular flexibility index (Phi) is 3.44. The lowest BCUT2D eigenvalue weighted by molar-refractivity contribution is 0.592. The van der Waals surface area contributed by atoms with E-state index in [1.807, 2.05) is 42.5 Å². The first kappa shape index (κ1) is 12.8. The molecule has 98 valence electrons. The Morgan fingerprint density at radius 3 is 1.60 bits per heavy atom. The summed E-state index contributed by atoms with van der Waals surface area (Å²) in [5.41, 5.74) is 0. The second-order valence-corrected chi connectivity index (χ2v) is 7.14. The van der Waals surface area contributed by atoms with Crippen molar-refractivity contribution >= 4 is 23.1 Å². The molecular weight excluding hydrogens is 267 g/mol. The van der Waals surface area contributed by atoms with Crippen LogP contribution in [0.15, 0.2) is 79.4 Å². The van der Waals surface area contributed by atoms with Crippen molar-refractivity contribution in [2.45, 2.75) is 0 Å². The van der Waals surface area contributed by atoms with Crippen LogP contribution in [0.3, 0.4) is 0 Å². The van der Waals surface area contributed by atoms with Gasteiger partial charge in [0.1, 0.15) is 0 Å². The van der Waals surface area contributed by atoms with Crippen molar-refractivity contribution in [1.82, 2.24) is 9.97 Å². The van der Waals surface area contributed by atoms with Crippen molar-refractivity contribution < 1.29 is 4.57 Å². The van der Waals surface area contributed by atoms with Crippen LogP contribution in [0.5, 0.6) is 0 Å². The average molecular weight is 280 g/mol. The molecule has 20 heavy (non-hydrogen) atoms. The van der Waals surface area contributed by atoms with Crippen molar-refractivity contribution in [2.24, 2.45) is 0 Å². The van der Waals surface area contributed by atoms with Crippen LogP contribution >= 0.6 is 7.14 Å². The van der Waals surface area contributed by atoms with Gasteiger partial charge in [-0.05, 0) is 24.3 Å². The lowest BCUT2D eigenvalue weighted by Gasteiger charge is -2.18. The van der Waals surface area contributed by atoms with Crippen LogP contribution in [0.1, 0.15) is 0 Å². The molecule has 3 aromatic rings. The van der Waals surface area contributed by atoms with Crippen LogP contribution in [0, 0.1) is 0 Å². The molecule has 0 N–H and O–H groups in total. The minimum atomic E-state index is -2.90.